The Kier molecular flexibility index (Phi) is 3.92. The summed E-state index contributed by atoms with van der Waals surface area (Å²) < 4.78 is 43.5. The van der Waals surface area contributed by atoms with Crippen LogP contribution in [0.2, 0.25) is 0 Å². The first-order valence-corrected chi connectivity index (χ1v) is 5.96. The minimum Gasteiger partial charge on any atom is -0.372 e. The first-order chi connectivity index (χ1) is 8.47. The monoisotopic (exact) mass is 259 g/mol. The Morgan fingerprint density at radius 3 is 2.78 bits per heavy atom. The van der Waals surface area contributed by atoms with Crippen LogP contribution in [0.3, 0.4) is 0 Å². The lowest BCUT2D eigenvalue weighted by Gasteiger charge is -2.17. The van der Waals surface area contributed by atoms with E-state index in [1.807, 2.05) is 6.92 Å². The Balaban J connectivity index is 2.17. The van der Waals surface area contributed by atoms with E-state index in [0.717, 1.165) is 12.6 Å². The van der Waals surface area contributed by atoms with Crippen molar-refractivity contribution < 1.29 is 17.9 Å². The van der Waals surface area contributed by atoms with Gasteiger partial charge >= 0.3 is 6.18 Å². The third-order valence-electron chi connectivity index (χ3n) is 2.99. The van der Waals surface area contributed by atoms with E-state index in [1.54, 1.807) is 6.07 Å². The largest absolute Gasteiger partial charge is 0.416 e. The fourth-order valence-electron chi connectivity index (χ4n) is 1.99. The van der Waals surface area contributed by atoms with E-state index in [1.165, 1.54) is 12.1 Å². The second-order valence-corrected chi connectivity index (χ2v) is 4.71. The molecule has 0 spiro atoms. The summed E-state index contributed by atoms with van der Waals surface area (Å²) in [4.78, 5) is 0. The van der Waals surface area contributed by atoms with Gasteiger partial charge in [0.15, 0.2) is 0 Å². The highest BCUT2D eigenvalue weighted by atomic mass is 19.4. The SMILES string of the molecule is CC1CNCC(c2cccc(C(F)(F)F)c2)OC1. The van der Waals surface area contributed by atoms with Gasteiger partial charge in [-0.15, -0.1) is 0 Å². The third kappa shape index (κ3) is 3.23. The maximum atomic E-state index is 12.6. The molecular formula is C13H16F3NO. The molecule has 1 aromatic rings. The van der Waals surface area contributed by atoms with Crippen LogP contribution in [0.25, 0.3) is 0 Å². The first kappa shape index (κ1) is 13.4. The predicted molar refractivity (Wildman–Crippen MR) is 62.2 cm³/mol. The molecule has 1 aromatic carbocycles. The smallest absolute Gasteiger partial charge is 0.372 e. The summed E-state index contributed by atoms with van der Waals surface area (Å²) in [5, 5.41) is 3.20. The molecular weight excluding hydrogens is 243 g/mol. The summed E-state index contributed by atoms with van der Waals surface area (Å²) in [7, 11) is 0. The van der Waals surface area contributed by atoms with Crippen LogP contribution in [0, 0.1) is 5.92 Å². The number of benzene rings is 1. The fraction of sp³-hybridized carbons (Fsp3) is 0.538. The molecule has 1 N–H and O–H groups in total. The first-order valence-electron chi connectivity index (χ1n) is 5.96. The molecule has 0 saturated carbocycles. The molecule has 1 heterocycles. The van der Waals surface area contributed by atoms with Crippen LogP contribution < -0.4 is 5.32 Å². The molecule has 18 heavy (non-hydrogen) atoms. The van der Waals surface area contributed by atoms with E-state index in [9.17, 15) is 13.2 Å². The molecule has 0 aromatic heterocycles. The van der Waals surface area contributed by atoms with Gasteiger partial charge in [-0.3, -0.25) is 0 Å². The van der Waals surface area contributed by atoms with Gasteiger partial charge in [-0.1, -0.05) is 19.1 Å². The Morgan fingerprint density at radius 2 is 2.06 bits per heavy atom. The summed E-state index contributed by atoms with van der Waals surface area (Å²) in [5.41, 5.74) is -0.0488. The lowest BCUT2D eigenvalue weighted by molar-refractivity contribution is -0.137. The van der Waals surface area contributed by atoms with E-state index in [0.29, 0.717) is 24.6 Å². The van der Waals surface area contributed by atoms with Crippen LogP contribution in [-0.2, 0) is 10.9 Å². The van der Waals surface area contributed by atoms with Gasteiger partial charge in [-0.25, -0.2) is 0 Å². The number of hydrogen-bond acceptors (Lipinski definition) is 2. The lowest BCUT2D eigenvalue weighted by Crippen LogP contribution is -2.22. The average molecular weight is 259 g/mol. The Hall–Kier alpha value is -1.07. The van der Waals surface area contributed by atoms with Gasteiger partial charge in [0.2, 0.25) is 0 Å². The normalized spacial score (nSPS) is 25.8. The zero-order chi connectivity index (χ0) is 13.2. The van der Waals surface area contributed by atoms with Crippen molar-refractivity contribution in [2.45, 2.75) is 19.2 Å². The second kappa shape index (κ2) is 5.28. The van der Waals surface area contributed by atoms with Crippen LogP contribution in [0.4, 0.5) is 13.2 Å². The molecule has 2 nitrogen and oxygen atoms in total. The molecule has 0 radical (unpaired) electrons. The van der Waals surface area contributed by atoms with E-state index in [4.69, 9.17) is 4.74 Å². The maximum absolute atomic E-state index is 12.6. The lowest BCUT2D eigenvalue weighted by atomic mass is 10.1. The minimum atomic E-state index is -4.30. The van der Waals surface area contributed by atoms with Gasteiger partial charge in [-0.2, -0.15) is 13.2 Å². The van der Waals surface area contributed by atoms with Crippen LogP contribution in [-0.4, -0.2) is 19.7 Å². The zero-order valence-electron chi connectivity index (χ0n) is 10.1. The Labute approximate surface area is 104 Å². The highest BCUT2D eigenvalue weighted by molar-refractivity contribution is 5.27. The van der Waals surface area contributed by atoms with E-state index in [2.05, 4.69) is 5.32 Å². The van der Waals surface area contributed by atoms with Crippen LogP contribution in [0.1, 0.15) is 24.2 Å². The Bertz CT molecular complexity index is 405. The molecule has 1 saturated heterocycles. The standard InChI is InChI=1S/C13H16F3NO/c1-9-6-17-7-12(18-8-9)10-3-2-4-11(5-10)13(14,15)16/h2-5,9,12,17H,6-8H2,1H3. The molecule has 1 aliphatic heterocycles. The molecule has 100 valence electrons. The molecule has 1 fully saturated rings. The van der Waals surface area contributed by atoms with E-state index < -0.39 is 11.7 Å². The highest BCUT2D eigenvalue weighted by Gasteiger charge is 2.31. The van der Waals surface area contributed by atoms with Crippen LogP contribution >= 0.6 is 0 Å². The summed E-state index contributed by atoms with van der Waals surface area (Å²) >= 11 is 0. The van der Waals surface area contributed by atoms with Gasteiger partial charge in [0.1, 0.15) is 0 Å². The van der Waals surface area contributed by atoms with E-state index in [-0.39, 0.29) is 6.10 Å². The van der Waals surface area contributed by atoms with E-state index >= 15 is 0 Å². The number of hydrogen-bond donors (Lipinski definition) is 1. The van der Waals surface area contributed by atoms with Gasteiger partial charge in [0.05, 0.1) is 18.3 Å². The summed E-state index contributed by atoms with van der Waals surface area (Å²) in [6.07, 6.45) is -4.61. The summed E-state index contributed by atoms with van der Waals surface area (Å²) in [6.45, 7) is 3.98. The maximum Gasteiger partial charge on any atom is 0.416 e. The summed E-state index contributed by atoms with van der Waals surface area (Å²) in [6, 6.07) is 5.35. The van der Waals surface area contributed by atoms with Crippen LogP contribution in [0.15, 0.2) is 24.3 Å². The fourth-order valence-corrected chi connectivity index (χ4v) is 1.99. The van der Waals surface area contributed by atoms with Gasteiger partial charge < -0.3 is 10.1 Å². The van der Waals surface area contributed by atoms with Crippen LogP contribution in [0.5, 0.6) is 0 Å². The molecule has 1 aliphatic rings. The molecule has 2 atom stereocenters. The van der Waals surface area contributed by atoms with Crippen molar-refractivity contribution in [1.29, 1.82) is 0 Å². The van der Waals surface area contributed by atoms with Crippen molar-refractivity contribution in [3.63, 3.8) is 0 Å². The molecule has 5 heteroatoms. The molecule has 2 rings (SSSR count). The van der Waals surface area contributed by atoms with Crippen molar-refractivity contribution in [2.24, 2.45) is 5.92 Å². The van der Waals surface area contributed by atoms with Crippen molar-refractivity contribution in [3.05, 3.63) is 35.4 Å². The van der Waals surface area contributed by atoms with Crippen molar-refractivity contribution in [1.82, 2.24) is 5.32 Å². The topological polar surface area (TPSA) is 21.3 Å². The quantitative estimate of drug-likeness (QED) is 0.837. The zero-order valence-corrected chi connectivity index (χ0v) is 10.1. The van der Waals surface area contributed by atoms with Gasteiger partial charge in [-0.05, 0) is 23.6 Å². The molecule has 0 amide bonds. The highest BCUT2D eigenvalue weighted by Crippen LogP contribution is 2.31. The number of alkyl halides is 3. The molecule has 0 bridgehead atoms. The van der Waals surface area contributed by atoms with Crippen molar-refractivity contribution >= 4 is 0 Å². The molecule has 0 aliphatic carbocycles. The third-order valence-corrected chi connectivity index (χ3v) is 2.99. The average Bonchev–Trinajstić information content (AvgIpc) is 2.53. The second-order valence-electron chi connectivity index (χ2n) is 4.71. The minimum absolute atomic E-state index is 0.308. The number of rotatable bonds is 1. The number of halogens is 3. The van der Waals surface area contributed by atoms with Gasteiger partial charge in [0.25, 0.3) is 0 Å². The number of nitrogens with one attached hydrogen (secondary N) is 1. The van der Waals surface area contributed by atoms with Gasteiger partial charge in [0, 0.05) is 13.1 Å². The number of ether oxygens (including phenoxy) is 1. The Morgan fingerprint density at radius 1 is 1.28 bits per heavy atom. The van der Waals surface area contributed by atoms with Crippen molar-refractivity contribution in [2.75, 3.05) is 19.7 Å². The predicted octanol–water partition coefficient (Wildman–Crippen LogP) is 3.00. The van der Waals surface area contributed by atoms with Crippen molar-refractivity contribution in [3.8, 4) is 0 Å². The summed E-state index contributed by atoms with van der Waals surface area (Å²) in [5.74, 6) is 0.376. The molecule has 2 unspecified atom stereocenters.